The topological polar surface area (TPSA) is 75.4 Å². The zero-order valence-electron chi connectivity index (χ0n) is 9.90. The van der Waals surface area contributed by atoms with Crippen molar-refractivity contribution in [1.29, 1.82) is 0 Å². The zero-order chi connectivity index (χ0) is 13.0. The second kappa shape index (κ2) is 5.89. The largest absolute Gasteiger partial charge is 0.506 e. The minimum absolute atomic E-state index is 0.0103. The van der Waals surface area contributed by atoms with Crippen molar-refractivity contribution in [3.05, 3.63) is 23.2 Å². The monoisotopic (exact) mass is 256 g/mol. The van der Waals surface area contributed by atoms with Crippen LogP contribution in [0, 0.1) is 11.8 Å². The highest BCUT2D eigenvalue weighted by Crippen LogP contribution is 2.26. The van der Waals surface area contributed by atoms with E-state index in [0.717, 1.165) is 0 Å². The Balaban J connectivity index is 2.77. The Kier molecular flexibility index (Phi) is 4.78. The SMILES string of the molecule is CC(C)C(CN)C(=O)Nc1ccc(O)c(Cl)c1. The van der Waals surface area contributed by atoms with Crippen LogP contribution < -0.4 is 11.1 Å². The number of benzene rings is 1. The van der Waals surface area contributed by atoms with E-state index in [-0.39, 0.29) is 28.5 Å². The number of aromatic hydroxyl groups is 1. The number of rotatable bonds is 4. The van der Waals surface area contributed by atoms with Crippen molar-refractivity contribution in [2.75, 3.05) is 11.9 Å². The highest BCUT2D eigenvalue weighted by molar-refractivity contribution is 6.32. The Labute approximate surface area is 106 Å². The van der Waals surface area contributed by atoms with Gasteiger partial charge >= 0.3 is 0 Å². The second-order valence-electron chi connectivity index (χ2n) is 4.24. The number of hydrogen-bond donors (Lipinski definition) is 3. The van der Waals surface area contributed by atoms with Crippen LogP contribution in [0.2, 0.25) is 5.02 Å². The number of nitrogens with two attached hydrogens (primary N) is 1. The minimum Gasteiger partial charge on any atom is -0.506 e. The van der Waals surface area contributed by atoms with Crippen molar-refractivity contribution in [3.63, 3.8) is 0 Å². The molecule has 4 nitrogen and oxygen atoms in total. The van der Waals surface area contributed by atoms with E-state index in [1.54, 1.807) is 6.07 Å². The summed E-state index contributed by atoms with van der Waals surface area (Å²) in [6.45, 7) is 4.19. The van der Waals surface area contributed by atoms with Crippen LogP contribution in [0.15, 0.2) is 18.2 Å². The van der Waals surface area contributed by atoms with E-state index in [1.807, 2.05) is 13.8 Å². The molecule has 4 N–H and O–H groups in total. The summed E-state index contributed by atoms with van der Waals surface area (Å²) in [5, 5.41) is 12.2. The van der Waals surface area contributed by atoms with E-state index < -0.39 is 0 Å². The number of nitrogens with one attached hydrogen (secondary N) is 1. The van der Waals surface area contributed by atoms with E-state index >= 15 is 0 Å². The first-order valence-electron chi connectivity index (χ1n) is 5.45. The normalized spacial score (nSPS) is 12.5. The minimum atomic E-state index is -0.234. The molecule has 0 aliphatic heterocycles. The van der Waals surface area contributed by atoms with Gasteiger partial charge in [0, 0.05) is 12.2 Å². The number of phenolic OH excluding ortho intramolecular Hbond substituents is 1. The van der Waals surface area contributed by atoms with Gasteiger partial charge in [0.05, 0.1) is 10.9 Å². The van der Waals surface area contributed by atoms with Crippen LogP contribution in [0.1, 0.15) is 13.8 Å². The third-order valence-electron chi connectivity index (χ3n) is 2.61. The van der Waals surface area contributed by atoms with Gasteiger partial charge < -0.3 is 16.2 Å². The maximum atomic E-state index is 11.9. The molecule has 1 unspecified atom stereocenters. The van der Waals surface area contributed by atoms with Gasteiger partial charge in [-0.2, -0.15) is 0 Å². The molecule has 0 spiro atoms. The van der Waals surface area contributed by atoms with E-state index in [9.17, 15) is 9.90 Å². The van der Waals surface area contributed by atoms with Crippen LogP contribution >= 0.6 is 11.6 Å². The maximum Gasteiger partial charge on any atom is 0.229 e. The second-order valence-corrected chi connectivity index (χ2v) is 4.65. The molecule has 5 heteroatoms. The summed E-state index contributed by atoms with van der Waals surface area (Å²) >= 11 is 5.75. The summed E-state index contributed by atoms with van der Waals surface area (Å²) in [5.41, 5.74) is 6.11. The fourth-order valence-electron chi connectivity index (χ4n) is 1.50. The lowest BCUT2D eigenvalue weighted by Gasteiger charge is -2.18. The summed E-state index contributed by atoms with van der Waals surface area (Å²) in [6.07, 6.45) is 0. The third kappa shape index (κ3) is 3.61. The summed E-state index contributed by atoms with van der Waals surface area (Å²) in [5.74, 6) is -0.205. The molecule has 1 aromatic carbocycles. The van der Waals surface area contributed by atoms with Crippen LogP contribution in [-0.4, -0.2) is 17.6 Å². The molecule has 0 fully saturated rings. The molecule has 1 amide bonds. The van der Waals surface area contributed by atoms with E-state index in [2.05, 4.69) is 5.32 Å². The molecular formula is C12H17ClN2O2. The van der Waals surface area contributed by atoms with Crippen molar-refractivity contribution in [3.8, 4) is 5.75 Å². The summed E-state index contributed by atoms with van der Waals surface area (Å²) < 4.78 is 0. The fraction of sp³-hybridized carbons (Fsp3) is 0.417. The number of carbonyl (C=O) groups excluding carboxylic acids is 1. The molecule has 0 aliphatic carbocycles. The number of anilines is 1. The van der Waals surface area contributed by atoms with Gasteiger partial charge in [0.25, 0.3) is 0 Å². The third-order valence-corrected chi connectivity index (χ3v) is 2.91. The predicted molar refractivity (Wildman–Crippen MR) is 69.1 cm³/mol. The van der Waals surface area contributed by atoms with E-state index in [4.69, 9.17) is 17.3 Å². The summed E-state index contributed by atoms with van der Waals surface area (Å²) in [4.78, 5) is 11.9. The lowest BCUT2D eigenvalue weighted by Crippen LogP contribution is -2.33. The molecule has 94 valence electrons. The molecule has 1 aromatic rings. The zero-order valence-corrected chi connectivity index (χ0v) is 10.7. The molecule has 1 atom stereocenters. The standard InChI is InChI=1S/C12H17ClN2O2/c1-7(2)9(6-14)12(17)15-8-3-4-11(16)10(13)5-8/h3-5,7,9,16H,6,14H2,1-2H3,(H,15,17). The lowest BCUT2D eigenvalue weighted by atomic mass is 9.95. The van der Waals surface area contributed by atoms with Gasteiger partial charge in [-0.05, 0) is 24.1 Å². The fourth-order valence-corrected chi connectivity index (χ4v) is 1.68. The van der Waals surface area contributed by atoms with Crippen LogP contribution in [0.5, 0.6) is 5.75 Å². The summed E-state index contributed by atoms with van der Waals surface area (Å²) in [6, 6.07) is 4.53. The Morgan fingerprint density at radius 3 is 2.65 bits per heavy atom. The van der Waals surface area contributed by atoms with Crippen LogP contribution in [0.3, 0.4) is 0 Å². The van der Waals surface area contributed by atoms with Crippen molar-refractivity contribution >= 4 is 23.2 Å². The maximum absolute atomic E-state index is 11.9. The number of hydrogen-bond acceptors (Lipinski definition) is 3. The number of carbonyl (C=O) groups is 1. The smallest absolute Gasteiger partial charge is 0.229 e. The van der Waals surface area contributed by atoms with E-state index in [0.29, 0.717) is 12.2 Å². The van der Waals surface area contributed by atoms with Crippen LogP contribution in [0.4, 0.5) is 5.69 Å². The van der Waals surface area contributed by atoms with Crippen LogP contribution in [0.25, 0.3) is 0 Å². The molecule has 1 rings (SSSR count). The first kappa shape index (κ1) is 13.8. The molecule has 17 heavy (non-hydrogen) atoms. The van der Waals surface area contributed by atoms with Gasteiger partial charge in [0.1, 0.15) is 5.75 Å². The number of amides is 1. The van der Waals surface area contributed by atoms with Gasteiger partial charge in [-0.1, -0.05) is 25.4 Å². The van der Waals surface area contributed by atoms with Gasteiger partial charge in [-0.25, -0.2) is 0 Å². The first-order chi connectivity index (χ1) is 7.95. The van der Waals surface area contributed by atoms with E-state index in [1.165, 1.54) is 12.1 Å². The molecule has 0 heterocycles. The Hall–Kier alpha value is -1.26. The number of halogens is 1. The van der Waals surface area contributed by atoms with Crippen molar-refractivity contribution in [2.45, 2.75) is 13.8 Å². The van der Waals surface area contributed by atoms with Gasteiger partial charge in [-0.15, -0.1) is 0 Å². The predicted octanol–water partition coefficient (Wildman–Crippen LogP) is 2.21. The Morgan fingerprint density at radius 1 is 1.53 bits per heavy atom. The molecule has 0 radical (unpaired) electrons. The first-order valence-corrected chi connectivity index (χ1v) is 5.83. The van der Waals surface area contributed by atoms with Gasteiger partial charge in [-0.3, -0.25) is 4.79 Å². The Morgan fingerprint density at radius 2 is 2.18 bits per heavy atom. The van der Waals surface area contributed by atoms with Crippen molar-refractivity contribution in [2.24, 2.45) is 17.6 Å². The quantitative estimate of drug-likeness (QED) is 0.723. The molecule has 0 saturated heterocycles. The van der Waals surface area contributed by atoms with Gasteiger partial charge in [0.2, 0.25) is 5.91 Å². The molecular weight excluding hydrogens is 240 g/mol. The number of phenols is 1. The highest BCUT2D eigenvalue weighted by Gasteiger charge is 2.20. The molecule has 0 aliphatic rings. The van der Waals surface area contributed by atoms with Gasteiger partial charge in [0.15, 0.2) is 0 Å². The van der Waals surface area contributed by atoms with Crippen molar-refractivity contribution < 1.29 is 9.90 Å². The van der Waals surface area contributed by atoms with Crippen molar-refractivity contribution in [1.82, 2.24) is 0 Å². The van der Waals surface area contributed by atoms with Crippen LogP contribution in [-0.2, 0) is 4.79 Å². The molecule has 0 saturated carbocycles. The average molecular weight is 257 g/mol. The average Bonchev–Trinajstić information content (AvgIpc) is 2.24. The lowest BCUT2D eigenvalue weighted by molar-refractivity contribution is -0.120. The summed E-state index contributed by atoms with van der Waals surface area (Å²) in [7, 11) is 0. The Bertz CT molecular complexity index is 407. The molecule has 0 aromatic heterocycles. The molecule has 0 bridgehead atoms. The highest BCUT2D eigenvalue weighted by atomic mass is 35.5.